The minimum atomic E-state index is -1.07. The second-order valence-corrected chi connectivity index (χ2v) is 4.96. The Morgan fingerprint density at radius 1 is 1.53 bits per heavy atom. The Bertz CT molecular complexity index is 287. The van der Waals surface area contributed by atoms with Crippen molar-refractivity contribution < 1.29 is 19.8 Å². The van der Waals surface area contributed by atoms with Gasteiger partial charge in [0, 0.05) is 19.5 Å². The molecule has 3 N–H and O–H groups in total. The number of carboxylic acids is 1. The molecule has 17 heavy (non-hydrogen) atoms. The zero-order valence-corrected chi connectivity index (χ0v) is 10.6. The van der Waals surface area contributed by atoms with Crippen LogP contribution in [-0.2, 0) is 4.79 Å². The number of rotatable bonds is 5. The summed E-state index contributed by atoms with van der Waals surface area (Å²) in [5.41, 5.74) is 0. The fourth-order valence-corrected chi connectivity index (χ4v) is 2.22. The van der Waals surface area contributed by atoms with Crippen molar-refractivity contribution in [1.29, 1.82) is 0 Å². The lowest BCUT2D eigenvalue weighted by Crippen LogP contribution is -2.46. The van der Waals surface area contributed by atoms with Crippen molar-refractivity contribution in [1.82, 2.24) is 10.2 Å². The smallest absolute Gasteiger partial charge is 0.326 e. The summed E-state index contributed by atoms with van der Waals surface area (Å²) >= 11 is 1.69. The topological polar surface area (TPSA) is 89.9 Å². The van der Waals surface area contributed by atoms with Crippen molar-refractivity contribution in [2.24, 2.45) is 0 Å². The number of carboxylic acid groups (broad SMARTS) is 1. The predicted octanol–water partition coefficient (Wildman–Crippen LogP) is -0.0311. The van der Waals surface area contributed by atoms with Crippen LogP contribution < -0.4 is 5.32 Å². The van der Waals surface area contributed by atoms with Gasteiger partial charge in [-0.05, 0) is 18.4 Å². The van der Waals surface area contributed by atoms with Crippen LogP contribution in [0.15, 0.2) is 0 Å². The maximum Gasteiger partial charge on any atom is 0.326 e. The lowest BCUT2D eigenvalue weighted by Gasteiger charge is -2.21. The van der Waals surface area contributed by atoms with E-state index in [2.05, 4.69) is 5.32 Å². The minimum Gasteiger partial charge on any atom is -0.480 e. The zero-order chi connectivity index (χ0) is 12.8. The fraction of sp³-hybridized carbons (Fsp3) is 0.800. The van der Waals surface area contributed by atoms with Crippen LogP contribution in [0.2, 0.25) is 0 Å². The van der Waals surface area contributed by atoms with E-state index in [1.54, 1.807) is 11.8 Å². The number of carbonyl (C=O) groups excluding carboxylic acids is 1. The third-order valence-electron chi connectivity index (χ3n) is 2.63. The van der Waals surface area contributed by atoms with E-state index in [-0.39, 0.29) is 13.0 Å². The number of carbonyl (C=O) groups is 2. The third kappa shape index (κ3) is 4.08. The molecule has 0 saturated carbocycles. The van der Waals surface area contributed by atoms with Gasteiger partial charge in [0.05, 0.1) is 6.10 Å². The van der Waals surface area contributed by atoms with Crippen molar-refractivity contribution in [2.75, 3.05) is 25.1 Å². The van der Waals surface area contributed by atoms with Crippen LogP contribution in [0.1, 0.15) is 12.8 Å². The van der Waals surface area contributed by atoms with Gasteiger partial charge in [0.2, 0.25) is 0 Å². The summed E-state index contributed by atoms with van der Waals surface area (Å²) in [6.45, 7) is 0.615. The van der Waals surface area contributed by atoms with Crippen molar-refractivity contribution in [3.8, 4) is 0 Å². The Balaban J connectivity index is 2.41. The number of amides is 2. The number of nitrogens with zero attached hydrogens (tertiary/aromatic N) is 1. The Labute approximate surface area is 104 Å². The molecular weight excluding hydrogens is 244 g/mol. The molecule has 0 radical (unpaired) electrons. The Morgan fingerprint density at radius 3 is 2.82 bits per heavy atom. The Hall–Kier alpha value is -0.950. The SMILES string of the molecule is CSCCCNC(=O)N1C[C@@H](O)C[C@H]1C(=O)O. The first-order chi connectivity index (χ1) is 8.06. The number of thioether (sulfide) groups is 1. The average molecular weight is 262 g/mol. The Kier molecular flexibility index (Phi) is 5.57. The zero-order valence-electron chi connectivity index (χ0n) is 9.76. The van der Waals surface area contributed by atoms with Gasteiger partial charge < -0.3 is 20.4 Å². The third-order valence-corrected chi connectivity index (χ3v) is 3.32. The highest BCUT2D eigenvalue weighted by atomic mass is 32.2. The van der Waals surface area contributed by atoms with Crippen LogP contribution in [0.3, 0.4) is 0 Å². The molecule has 0 spiro atoms. The van der Waals surface area contributed by atoms with Crippen molar-refractivity contribution in [2.45, 2.75) is 25.0 Å². The van der Waals surface area contributed by atoms with Crippen LogP contribution in [0.5, 0.6) is 0 Å². The van der Waals surface area contributed by atoms with Gasteiger partial charge in [0.25, 0.3) is 0 Å². The Morgan fingerprint density at radius 2 is 2.24 bits per heavy atom. The van der Waals surface area contributed by atoms with E-state index < -0.39 is 24.1 Å². The molecule has 2 amide bonds. The first-order valence-corrected chi connectivity index (χ1v) is 6.90. The summed E-state index contributed by atoms with van der Waals surface area (Å²) in [5, 5.41) is 21.0. The number of likely N-dealkylation sites (tertiary alicyclic amines) is 1. The van der Waals surface area contributed by atoms with Gasteiger partial charge in [0.1, 0.15) is 6.04 Å². The maximum atomic E-state index is 11.7. The minimum absolute atomic E-state index is 0.0886. The number of hydrogen-bond acceptors (Lipinski definition) is 4. The number of aliphatic carboxylic acids is 1. The molecule has 0 bridgehead atoms. The number of aliphatic hydroxyl groups is 1. The van der Waals surface area contributed by atoms with Gasteiger partial charge in [-0.1, -0.05) is 0 Å². The molecule has 0 aromatic carbocycles. The lowest BCUT2D eigenvalue weighted by molar-refractivity contribution is -0.141. The molecule has 0 unspecified atom stereocenters. The van der Waals surface area contributed by atoms with E-state index >= 15 is 0 Å². The van der Waals surface area contributed by atoms with Gasteiger partial charge in [-0.3, -0.25) is 0 Å². The monoisotopic (exact) mass is 262 g/mol. The lowest BCUT2D eigenvalue weighted by atomic mass is 10.2. The average Bonchev–Trinajstić information content (AvgIpc) is 2.66. The first kappa shape index (κ1) is 14.1. The van der Waals surface area contributed by atoms with Crippen LogP contribution >= 0.6 is 11.8 Å². The molecule has 1 heterocycles. The normalized spacial score (nSPS) is 23.8. The molecular formula is C10H18N2O4S. The van der Waals surface area contributed by atoms with Gasteiger partial charge in [-0.25, -0.2) is 9.59 Å². The van der Waals surface area contributed by atoms with Crippen molar-refractivity contribution in [3.63, 3.8) is 0 Å². The molecule has 1 aliphatic heterocycles. The molecule has 1 saturated heterocycles. The molecule has 0 aliphatic carbocycles. The van der Waals surface area contributed by atoms with E-state index in [4.69, 9.17) is 5.11 Å². The fourth-order valence-electron chi connectivity index (χ4n) is 1.79. The highest BCUT2D eigenvalue weighted by Gasteiger charge is 2.38. The van der Waals surface area contributed by atoms with Crippen LogP contribution in [0.4, 0.5) is 4.79 Å². The molecule has 0 aromatic heterocycles. The molecule has 1 aliphatic rings. The molecule has 2 atom stereocenters. The molecule has 98 valence electrons. The number of hydrogen-bond donors (Lipinski definition) is 3. The van der Waals surface area contributed by atoms with Gasteiger partial charge in [-0.15, -0.1) is 0 Å². The summed E-state index contributed by atoms with van der Waals surface area (Å²) in [6, 6.07) is -1.32. The summed E-state index contributed by atoms with van der Waals surface area (Å²) in [4.78, 5) is 23.8. The molecule has 0 aromatic rings. The predicted molar refractivity (Wildman–Crippen MR) is 65.2 cm³/mol. The number of aliphatic hydroxyl groups excluding tert-OH is 1. The van der Waals surface area contributed by atoms with E-state index in [0.717, 1.165) is 12.2 Å². The second kappa shape index (κ2) is 6.70. The quantitative estimate of drug-likeness (QED) is 0.605. The van der Waals surface area contributed by atoms with Gasteiger partial charge >= 0.3 is 12.0 Å². The number of nitrogens with one attached hydrogen (secondary N) is 1. The summed E-state index contributed by atoms with van der Waals surface area (Å²) in [5.74, 6) is -0.119. The molecule has 1 rings (SSSR count). The summed E-state index contributed by atoms with van der Waals surface area (Å²) < 4.78 is 0. The first-order valence-electron chi connectivity index (χ1n) is 5.50. The largest absolute Gasteiger partial charge is 0.480 e. The van der Waals surface area contributed by atoms with E-state index in [0.29, 0.717) is 6.54 Å². The van der Waals surface area contributed by atoms with Gasteiger partial charge in [0.15, 0.2) is 0 Å². The van der Waals surface area contributed by atoms with Crippen molar-refractivity contribution >= 4 is 23.8 Å². The molecule has 1 fully saturated rings. The van der Waals surface area contributed by atoms with Gasteiger partial charge in [-0.2, -0.15) is 11.8 Å². The molecule has 6 nitrogen and oxygen atoms in total. The van der Waals surface area contributed by atoms with Crippen molar-refractivity contribution in [3.05, 3.63) is 0 Å². The summed E-state index contributed by atoms with van der Waals surface area (Å²) in [6.07, 6.45) is 2.20. The van der Waals surface area contributed by atoms with Crippen LogP contribution in [0, 0.1) is 0 Å². The maximum absolute atomic E-state index is 11.7. The van der Waals surface area contributed by atoms with E-state index in [1.165, 1.54) is 4.90 Å². The highest BCUT2D eigenvalue weighted by molar-refractivity contribution is 7.98. The number of urea groups is 1. The second-order valence-electron chi connectivity index (χ2n) is 3.97. The number of β-amino-alcohol motifs (C(OH)–C–C–N with tert-alkyl or cyclic N) is 1. The highest BCUT2D eigenvalue weighted by Crippen LogP contribution is 2.17. The summed E-state index contributed by atoms with van der Waals surface area (Å²) in [7, 11) is 0. The standard InChI is InChI=1S/C10H18N2O4S/c1-17-4-2-3-11-10(16)12-6-7(13)5-8(12)9(14)15/h7-8,13H,2-6H2,1H3,(H,11,16)(H,14,15)/t7-,8-/m0/s1. The van der Waals surface area contributed by atoms with E-state index in [9.17, 15) is 14.7 Å². The van der Waals surface area contributed by atoms with Crippen LogP contribution in [-0.4, -0.2) is 64.4 Å². The van der Waals surface area contributed by atoms with E-state index in [1.807, 2.05) is 6.26 Å². The van der Waals surface area contributed by atoms with Crippen LogP contribution in [0.25, 0.3) is 0 Å². The molecule has 7 heteroatoms.